The summed E-state index contributed by atoms with van der Waals surface area (Å²) < 4.78 is 10.4. The van der Waals surface area contributed by atoms with E-state index in [9.17, 15) is 9.59 Å². The van der Waals surface area contributed by atoms with Crippen molar-refractivity contribution in [3.8, 4) is 0 Å². The number of ether oxygens (including phenoxy) is 2. The molecule has 1 aromatic carbocycles. The molecule has 1 aromatic heterocycles. The number of aromatic nitrogens is 1. The van der Waals surface area contributed by atoms with Crippen LogP contribution in [0.1, 0.15) is 16.8 Å². The lowest BCUT2D eigenvalue weighted by atomic mass is 10.2. The number of pyridine rings is 1. The fraction of sp³-hybridized carbons (Fsp3) is 0.167. The van der Waals surface area contributed by atoms with E-state index in [1.807, 2.05) is 12.1 Å². The van der Waals surface area contributed by atoms with Crippen molar-refractivity contribution in [2.75, 3.05) is 11.9 Å². The van der Waals surface area contributed by atoms with Crippen LogP contribution >= 0.6 is 0 Å². The normalized spacial score (nSPS) is 18.2. The molecule has 3 rings (SSSR count). The van der Waals surface area contributed by atoms with Crippen LogP contribution in [-0.2, 0) is 14.3 Å². The molecule has 1 atom stereocenters. The van der Waals surface area contributed by atoms with Crippen LogP contribution in [0.4, 0.5) is 5.82 Å². The van der Waals surface area contributed by atoms with Crippen LogP contribution < -0.4 is 5.32 Å². The van der Waals surface area contributed by atoms with E-state index in [2.05, 4.69) is 10.3 Å². The number of cyclic esters (lactones) is 1. The molecule has 0 radical (unpaired) electrons. The minimum Gasteiger partial charge on any atom is -0.458 e. The zero-order valence-corrected chi connectivity index (χ0v) is 12.8. The van der Waals surface area contributed by atoms with Crippen molar-refractivity contribution in [3.63, 3.8) is 0 Å². The van der Waals surface area contributed by atoms with Gasteiger partial charge in [0.05, 0.1) is 11.1 Å². The summed E-state index contributed by atoms with van der Waals surface area (Å²) in [5.41, 5.74) is 0.954. The molecule has 1 aliphatic heterocycles. The fourth-order valence-corrected chi connectivity index (χ4v) is 2.24. The Morgan fingerprint density at radius 1 is 1.25 bits per heavy atom. The highest BCUT2D eigenvalue weighted by Gasteiger charge is 2.30. The van der Waals surface area contributed by atoms with Gasteiger partial charge in [-0.3, -0.25) is 0 Å². The van der Waals surface area contributed by atoms with E-state index in [0.29, 0.717) is 23.4 Å². The predicted octanol–water partition coefficient (Wildman–Crippen LogP) is 2.55. The Kier molecular flexibility index (Phi) is 4.86. The largest absolute Gasteiger partial charge is 0.458 e. The molecular weight excluding hydrogens is 308 g/mol. The number of rotatable bonds is 5. The predicted molar refractivity (Wildman–Crippen MR) is 87.2 cm³/mol. The molecule has 24 heavy (non-hydrogen) atoms. The van der Waals surface area contributed by atoms with Crippen molar-refractivity contribution in [1.29, 1.82) is 0 Å². The second kappa shape index (κ2) is 7.41. The maximum absolute atomic E-state index is 11.9. The number of benzene rings is 1. The monoisotopic (exact) mass is 324 g/mol. The van der Waals surface area contributed by atoms with Gasteiger partial charge in [0.2, 0.25) is 0 Å². The van der Waals surface area contributed by atoms with Gasteiger partial charge in [0.15, 0.2) is 0 Å². The first kappa shape index (κ1) is 15.7. The molecule has 6 heteroatoms. The molecule has 0 spiro atoms. The van der Waals surface area contributed by atoms with Gasteiger partial charge in [-0.15, -0.1) is 0 Å². The van der Waals surface area contributed by atoms with Crippen LogP contribution in [0.25, 0.3) is 0 Å². The standard InChI is InChI=1S/C18H16N2O4/c21-17(13-6-2-1-3-7-13)23-12-15-10-14(18(22)24-15)11-20-16-8-4-5-9-19-16/h1-9,11,15H,10,12H2,(H,19,20)/b14-11+/t15-/m0/s1. The van der Waals surface area contributed by atoms with Gasteiger partial charge in [0.1, 0.15) is 18.5 Å². The molecule has 0 bridgehead atoms. The Hall–Kier alpha value is -3.15. The van der Waals surface area contributed by atoms with Crippen LogP contribution in [0.15, 0.2) is 66.5 Å². The number of hydrogen-bond donors (Lipinski definition) is 1. The molecule has 1 aliphatic rings. The van der Waals surface area contributed by atoms with Crippen LogP contribution in [-0.4, -0.2) is 29.6 Å². The van der Waals surface area contributed by atoms with Gasteiger partial charge in [-0.2, -0.15) is 0 Å². The zero-order chi connectivity index (χ0) is 16.8. The first-order valence-corrected chi connectivity index (χ1v) is 7.52. The number of nitrogens with one attached hydrogen (secondary N) is 1. The molecule has 1 saturated heterocycles. The summed E-state index contributed by atoms with van der Waals surface area (Å²) in [5, 5.41) is 2.95. The summed E-state index contributed by atoms with van der Waals surface area (Å²) >= 11 is 0. The topological polar surface area (TPSA) is 77.5 Å². The van der Waals surface area contributed by atoms with Crippen molar-refractivity contribution < 1.29 is 19.1 Å². The molecule has 1 N–H and O–H groups in total. The van der Waals surface area contributed by atoms with E-state index >= 15 is 0 Å². The molecule has 6 nitrogen and oxygen atoms in total. The summed E-state index contributed by atoms with van der Waals surface area (Å²) in [5.74, 6) is -0.216. The Balaban J connectivity index is 1.52. The number of anilines is 1. The zero-order valence-electron chi connectivity index (χ0n) is 12.8. The average Bonchev–Trinajstić information content (AvgIpc) is 2.99. The summed E-state index contributed by atoms with van der Waals surface area (Å²) in [6.07, 6.45) is 3.13. The highest BCUT2D eigenvalue weighted by atomic mass is 16.6. The number of hydrogen-bond acceptors (Lipinski definition) is 6. The summed E-state index contributed by atoms with van der Waals surface area (Å²) in [6.45, 7) is 0.0282. The van der Waals surface area contributed by atoms with Gasteiger partial charge in [-0.05, 0) is 24.3 Å². The number of carbonyl (C=O) groups excluding carboxylic acids is 2. The first-order chi connectivity index (χ1) is 11.7. The van der Waals surface area contributed by atoms with Gasteiger partial charge < -0.3 is 14.8 Å². The quantitative estimate of drug-likeness (QED) is 0.673. The van der Waals surface area contributed by atoms with E-state index in [-0.39, 0.29) is 6.61 Å². The van der Waals surface area contributed by atoms with E-state index in [1.165, 1.54) is 0 Å². The van der Waals surface area contributed by atoms with Crippen molar-refractivity contribution in [1.82, 2.24) is 4.98 Å². The van der Waals surface area contributed by atoms with E-state index in [1.54, 1.807) is 48.8 Å². The van der Waals surface area contributed by atoms with Crippen LogP contribution in [0.2, 0.25) is 0 Å². The lowest BCUT2D eigenvalue weighted by Crippen LogP contribution is -2.18. The highest BCUT2D eigenvalue weighted by Crippen LogP contribution is 2.21. The van der Waals surface area contributed by atoms with Crippen molar-refractivity contribution in [2.24, 2.45) is 0 Å². The Bertz CT molecular complexity index is 744. The summed E-state index contributed by atoms with van der Waals surface area (Å²) in [4.78, 5) is 27.8. The molecule has 1 fully saturated rings. The van der Waals surface area contributed by atoms with Gasteiger partial charge in [-0.25, -0.2) is 14.6 Å². The lowest BCUT2D eigenvalue weighted by Gasteiger charge is -2.09. The van der Waals surface area contributed by atoms with Crippen LogP contribution in [0, 0.1) is 0 Å². The van der Waals surface area contributed by atoms with E-state index in [4.69, 9.17) is 9.47 Å². The Morgan fingerprint density at radius 2 is 2.04 bits per heavy atom. The molecule has 122 valence electrons. The molecule has 2 aromatic rings. The van der Waals surface area contributed by atoms with Gasteiger partial charge >= 0.3 is 11.9 Å². The molecule has 0 unspecified atom stereocenters. The molecule has 0 aliphatic carbocycles. The van der Waals surface area contributed by atoms with E-state index in [0.717, 1.165) is 0 Å². The second-order valence-corrected chi connectivity index (χ2v) is 5.22. The number of esters is 2. The smallest absolute Gasteiger partial charge is 0.338 e. The highest BCUT2D eigenvalue weighted by molar-refractivity contribution is 5.91. The van der Waals surface area contributed by atoms with Gasteiger partial charge in [-0.1, -0.05) is 24.3 Å². The summed E-state index contributed by atoms with van der Waals surface area (Å²) in [6, 6.07) is 14.1. The number of carbonyl (C=O) groups is 2. The fourth-order valence-electron chi connectivity index (χ4n) is 2.24. The third-order valence-corrected chi connectivity index (χ3v) is 3.45. The molecule has 0 amide bonds. The van der Waals surface area contributed by atoms with Crippen LogP contribution in [0.3, 0.4) is 0 Å². The average molecular weight is 324 g/mol. The third-order valence-electron chi connectivity index (χ3n) is 3.45. The van der Waals surface area contributed by atoms with Crippen LogP contribution in [0.5, 0.6) is 0 Å². The Morgan fingerprint density at radius 3 is 2.79 bits per heavy atom. The SMILES string of the molecule is O=C1O[C@H](COC(=O)c2ccccc2)C/C1=C\Nc1ccccn1. The number of nitrogens with zero attached hydrogens (tertiary/aromatic N) is 1. The first-order valence-electron chi connectivity index (χ1n) is 7.52. The van der Waals surface area contributed by atoms with Gasteiger partial charge in [0.25, 0.3) is 0 Å². The maximum atomic E-state index is 11.9. The van der Waals surface area contributed by atoms with Crippen molar-refractivity contribution in [3.05, 3.63) is 72.1 Å². The minimum atomic E-state index is -0.470. The Labute approximate surface area is 139 Å². The second-order valence-electron chi connectivity index (χ2n) is 5.22. The van der Waals surface area contributed by atoms with Gasteiger partial charge in [0, 0.05) is 18.8 Å². The molecular formula is C18H16N2O4. The lowest BCUT2D eigenvalue weighted by molar-refractivity contribution is -0.140. The molecule has 0 saturated carbocycles. The van der Waals surface area contributed by atoms with E-state index < -0.39 is 18.0 Å². The summed E-state index contributed by atoms with van der Waals surface area (Å²) in [7, 11) is 0. The van der Waals surface area contributed by atoms with Crippen molar-refractivity contribution in [2.45, 2.75) is 12.5 Å². The molecule has 2 heterocycles. The van der Waals surface area contributed by atoms with Crippen molar-refractivity contribution >= 4 is 17.8 Å². The minimum absolute atomic E-state index is 0.0282. The third kappa shape index (κ3) is 3.98. The maximum Gasteiger partial charge on any atom is 0.338 e.